The van der Waals surface area contributed by atoms with Gasteiger partial charge in [0.25, 0.3) is 5.91 Å². The Hall–Kier alpha value is -3.23. The number of carbonyl (C=O) groups is 3. The van der Waals surface area contributed by atoms with Gasteiger partial charge >= 0.3 is 0 Å². The Morgan fingerprint density at radius 3 is 2.42 bits per heavy atom. The third-order valence-corrected chi connectivity index (χ3v) is 7.55. The van der Waals surface area contributed by atoms with Gasteiger partial charge in [-0.05, 0) is 54.8 Å². The molecule has 0 unspecified atom stereocenters. The summed E-state index contributed by atoms with van der Waals surface area (Å²) in [7, 11) is 1.58. The molecule has 1 fully saturated rings. The summed E-state index contributed by atoms with van der Waals surface area (Å²) < 4.78 is 5.11. The van der Waals surface area contributed by atoms with Crippen LogP contribution < -0.4 is 10.1 Å². The number of rotatable bonds is 9. The first-order valence-corrected chi connectivity index (χ1v) is 13.1. The van der Waals surface area contributed by atoms with Crippen LogP contribution in [0.25, 0.3) is 0 Å². The molecule has 0 radical (unpaired) electrons. The zero-order valence-electron chi connectivity index (χ0n) is 20.0. The minimum atomic E-state index is -0.207. The van der Waals surface area contributed by atoms with Crippen LogP contribution >= 0.6 is 22.9 Å². The summed E-state index contributed by atoms with van der Waals surface area (Å²) >= 11 is 7.38. The monoisotopic (exact) mass is 525 g/mol. The summed E-state index contributed by atoms with van der Waals surface area (Å²) in [6, 6.07) is 14.3. The molecule has 2 heterocycles. The molecular formula is C27H28ClN3O4S. The van der Waals surface area contributed by atoms with E-state index in [-0.39, 0.29) is 36.4 Å². The number of hydrogen-bond donors (Lipinski definition) is 1. The van der Waals surface area contributed by atoms with Crippen LogP contribution in [0.15, 0.2) is 53.9 Å². The Labute approximate surface area is 219 Å². The predicted molar refractivity (Wildman–Crippen MR) is 140 cm³/mol. The number of nitrogens with zero attached hydrogens (tertiary/aromatic N) is 2. The maximum atomic E-state index is 12.7. The van der Waals surface area contributed by atoms with Crippen molar-refractivity contribution in [1.82, 2.24) is 15.2 Å². The molecule has 188 valence electrons. The van der Waals surface area contributed by atoms with E-state index >= 15 is 0 Å². The van der Waals surface area contributed by atoms with Crippen molar-refractivity contribution in [2.24, 2.45) is 0 Å². The first-order valence-electron chi connectivity index (χ1n) is 11.9. The Bertz CT molecular complexity index is 1200. The Morgan fingerprint density at radius 1 is 1.06 bits per heavy atom. The molecule has 0 spiro atoms. The van der Waals surface area contributed by atoms with Crippen LogP contribution in [0.4, 0.5) is 0 Å². The highest BCUT2D eigenvalue weighted by Crippen LogP contribution is 2.30. The van der Waals surface area contributed by atoms with Gasteiger partial charge in [-0.3, -0.25) is 14.4 Å². The average Bonchev–Trinajstić information content (AvgIpc) is 3.42. The van der Waals surface area contributed by atoms with Crippen LogP contribution in [0.1, 0.15) is 63.0 Å². The van der Waals surface area contributed by atoms with Gasteiger partial charge < -0.3 is 15.0 Å². The summed E-state index contributed by atoms with van der Waals surface area (Å²) in [6.07, 6.45) is 1.96. The fourth-order valence-electron chi connectivity index (χ4n) is 4.13. The third-order valence-electron chi connectivity index (χ3n) is 6.30. The largest absolute Gasteiger partial charge is 0.497 e. The number of carbonyl (C=O) groups excluding carboxylic acids is 3. The van der Waals surface area contributed by atoms with E-state index in [2.05, 4.69) is 10.3 Å². The standard InChI is InChI=1S/C27H28ClN3O4S/c1-35-22-8-4-19(5-9-22)24(32)10-11-25(33)31-14-12-20(13-15-31)27-30-23(17-36-27)26(34)29-16-18-2-6-21(28)7-3-18/h2-9,17,20H,10-16H2,1H3,(H,29,34). The second kappa shape index (κ2) is 12.1. The fraction of sp³-hybridized carbons (Fsp3) is 0.333. The molecule has 1 aliphatic rings. The summed E-state index contributed by atoms with van der Waals surface area (Å²) in [4.78, 5) is 44.0. The van der Waals surface area contributed by atoms with Crippen molar-refractivity contribution in [1.29, 1.82) is 0 Å². The zero-order valence-corrected chi connectivity index (χ0v) is 21.6. The van der Waals surface area contributed by atoms with Crippen molar-refractivity contribution in [3.63, 3.8) is 0 Å². The summed E-state index contributed by atoms with van der Waals surface area (Å²) in [5.74, 6) is 0.651. The van der Waals surface area contributed by atoms with E-state index < -0.39 is 0 Å². The summed E-state index contributed by atoms with van der Waals surface area (Å²) in [5, 5.41) is 6.26. The van der Waals surface area contributed by atoms with E-state index in [0.717, 1.165) is 23.4 Å². The minimum Gasteiger partial charge on any atom is -0.497 e. The van der Waals surface area contributed by atoms with Crippen molar-refractivity contribution >= 4 is 40.5 Å². The van der Waals surface area contributed by atoms with Crippen LogP contribution in [0.2, 0.25) is 5.02 Å². The molecule has 1 N–H and O–H groups in total. The number of amides is 2. The molecule has 1 aromatic heterocycles. The van der Waals surface area contributed by atoms with E-state index in [9.17, 15) is 14.4 Å². The predicted octanol–water partition coefficient (Wildman–Crippen LogP) is 5.10. The topological polar surface area (TPSA) is 88.6 Å². The molecule has 2 amide bonds. The van der Waals surface area contributed by atoms with Crippen LogP contribution in [0, 0.1) is 0 Å². The lowest BCUT2D eigenvalue weighted by molar-refractivity contribution is -0.132. The molecule has 3 aromatic rings. The molecule has 36 heavy (non-hydrogen) atoms. The van der Waals surface area contributed by atoms with Gasteiger partial charge in [0, 0.05) is 54.4 Å². The van der Waals surface area contributed by atoms with Gasteiger partial charge in [0.05, 0.1) is 12.1 Å². The summed E-state index contributed by atoms with van der Waals surface area (Å²) in [6.45, 7) is 1.65. The second-order valence-electron chi connectivity index (χ2n) is 8.69. The van der Waals surface area contributed by atoms with Crippen LogP contribution in [-0.2, 0) is 11.3 Å². The van der Waals surface area contributed by atoms with Gasteiger partial charge in [-0.1, -0.05) is 23.7 Å². The van der Waals surface area contributed by atoms with E-state index in [1.54, 1.807) is 48.9 Å². The number of ketones is 1. The van der Waals surface area contributed by atoms with Crippen molar-refractivity contribution in [3.05, 3.63) is 80.8 Å². The number of hydrogen-bond acceptors (Lipinski definition) is 6. The quantitative estimate of drug-likeness (QED) is 0.392. The lowest BCUT2D eigenvalue weighted by Crippen LogP contribution is -2.38. The normalized spacial score (nSPS) is 13.9. The van der Waals surface area contributed by atoms with Gasteiger partial charge in [0.1, 0.15) is 11.4 Å². The highest BCUT2D eigenvalue weighted by molar-refractivity contribution is 7.09. The number of methoxy groups -OCH3 is 1. The minimum absolute atomic E-state index is 0.00304. The van der Waals surface area contributed by atoms with Crippen molar-refractivity contribution < 1.29 is 19.1 Å². The number of nitrogens with one attached hydrogen (secondary N) is 1. The first-order chi connectivity index (χ1) is 17.4. The highest BCUT2D eigenvalue weighted by Gasteiger charge is 2.26. The number of Topliss-reactive ketones (excluding diaryl/α,β-unsaturated/α-hetero) is 1. The van der Waals surface area contributed by atoms with E-state index in [1.807, 2.05) is 17.0 Å². The molecule has 0 aliphatic carbocycles. The number of benzene rings is 2. The second-order valence-corrected chi connectivity index (χ2v) is 10.0. The molecule has 0 atom stereocenters. The van der Waals surface area contributed by atoms with Gasteiger partial charge in [0.2, 0.25) is 5.91 Å². The maximum absolute atomic E-state index is 12.7. The molecule has 1 aliphatic heterocycles. The summed E-state index contributed by atoms with van der Waals surface area (Å²) in [5.41, 5.74) is 1.96. The van der Waals surface area contributed by atoms with Crippen LogP contribution in [0.3, 0.4) is 0 Å². The van der Waals surface area contributed by atoms with Crippen LogP contribution in [0.5, 0.6) is 5.75 Å². The molecule has 9 heteroatoms. The van der Waals surface area contributed by atoms with Crippen LogP contribution in [-0.4, -0.2) is 47.7 Å². The lowest BCUT2D eigenvalue weighted by Gasteiger charge is -2.31. The van der Waals surface area contributed by atoms with Crippen molar-refractivity contribution in [2.45, 2.75) is 38.1 Å². The fourth-order valence-corrected chi connectivity index (χ4v) is 5.23. The molecule has 0 saturated carbocycles. The number of piperidine rings is 1. The Kier molecular flexibility index (Phi) is 8.72. The smallest absolute Gasteiger partial charge is 0.271 e. The van der Waals surface area contributed by atoms with Gasteiger partial charge in [-0.2, -0.15) is 0 Å². The average molecular weight is 526 g/mol. The lowest BCUT2D eigenvalue weighted by atomic mass is 9.97. The number of thiazole rings is 1. The number of halogens is 1. The molecular weight excluding hydrogens is 498 g/mol. The Balaban J connectivity index is 1.21. The van der Waals surface area contributed by atoms with Gasteiger partial charge in [0.15, 0.2) is 5.78 Å². The molecule has 0 bridgehead atoms. The number of ether oxygens (including phenoxy) is 1. The maximum Gasteiger partial charge on any atom is 0.271 e. The van der Waals surface area contributed by atoms with Crippen molar-refractivity contribution in [2.75, 3.05) is 20.2 Å². The van der Waals surface area contributed by atoms with Gasteiger partial charge in [-0.15, -0.1) is 11.3 Å². The zero-order chi connectivity index (χ0) is 25.5. The van der Waals surface area contributed by atoms with Gasteiger partial charge in [-0.25, -0.2) is 4.98 Å². The third kappa shape index (κ3) is 6.71. The molecule has 1 saturated heterocycles. The number of likely N-dealkylation sites (tertiary alicyclic amines) is 1. The highest BCUT2D eigenvalue weighted by atomic mass is 35.5. The Morgan fingerprint density at radius 2 is 1.75 bits per heavy atom. The SMILES string of the molecule is COc1ccc(C(=O)CCC(=O)N2CCC(c3nc(C(=O)NCc4ccc(Cl)cc4)cs3)CC2)cc1. The molecule has 4 rings (SSSR count). The van der Waals surface area contributed by atoms with E-state index in [4.69, 9.17) is 16.3 Å². The van der Waals surface area contributed by atoms with Crippen molar-refractivity contribution in [3.8, 4) is 5.75 Å². The molecule has 7 nitrogen and oxygen atoms in total. The van der Waals surface area contributed by atoms with E-state index in [1.165, 1.54) is 11.3 Å². The first kappa shape index (κ1) is 25.9. The molecule has 2 aromatic carbocycles. The number of aromatic nitrogens is 1. The van der Waals surface area contributed by atoms with E-state index in [0.29, 0.717) is 41.7 Å².